The molecule has 0 radical (unpaired) electrons. The number of fused-ring (bicyclic) bond motifs is 1. The first kappa shape index (κ1) is 17.6. The molecule has 5 nitrogen and oxygen atoms in total. The number of carboxylic acid groups (broad SMARTS) is 1. The molecule has 27 heavy (non-hydrogen) atoms. The van der Waals surface area contributed by atoms with E-state index in [1.54, 1.807) is 18.2 Å². The van der Waals surface area contributed by atoms with Crippen molar-refractivity contribution in [3.8, 4) is 11.3 Å². The molecule has 134 valence electrons. The molecule has 0 aliphatic rings. The normalized spacial score (nSPS) is 11.8. The Labute approximate surface area is 166 Å². The number of thioether (sulfide) groups is 1. The van der Waals surface area contributed by atoms with E-state index in [1.165, 1.54) is 6.08 Å². The maximum atomic E-state index is 11.6. The molecule has 0 aliphatic carbocycles. The van der Waals surface area contributed by atoms with E-state index in [0.29, 0.717) is 22.6 Å². The third kappa shape index (κ3) is 3.99. The number of carbonyl (C=O) groups is 1. The molecule has 0 fully saturated rings. The highest BCUT2D eigenvalue weighted by Gasteiger charge is 2.16. The lowest BCUT2D eigenvalue weighted by Crippen LogP contribution is -1.96. The highest BCUT2D eigenvalue weighted by atomic mass is 79.9. The lowest BCUT2D eigenvalue weighted by atomic mass is 10.2. The lowest BCUT2D eigenvalue weighted by molar-refractivity contribution is -0.131. The molecule has 2 heterocycles. The minimum absolute atomic E-state index is 0.0525. The van der Waals surface area contributed by atoms with Gasteiger partial charge in [-0.1, -0.05) is 40.2 Å². The molecule has 2 aromatic heterocycles. The first-order chi connectivity index (χ1) is 13.1. The molecule has 0 bridgehead atoms. The number of rotatable bonds is 5. The van der Waals surface area contributed by atoms with Gasteiger partial charge in [0.1, 0.15) is 21.9 Å². The number of aromatic nitrogens is 1. The average Bonchev–Trinajstić information content (AvgIpc) is 3.27. The minimum atomic E-state index is -1.08. The number of oxazole rings is 1. The smallest absolute Gasteiger partial charge is 0.342 e. The monoisotopic (exact) mass is 441 g/mol. The maximum absolute atomic E-state index is 11.6. The summed E-state index contributed by atoms with van der Waals surface area (Å²) in [6.45, 7) is 0. The second kappa shape index (κ2) is 7.46. The van der Waals surface area contributed by atoms with E-state index in [1.807, 2.05) is 42.5 Å². The first-order valence-corrected chi connectivity index (χ1v) is 9.53. The van der Waals surface area contributed by atoms with Crippen LogP contribution in [-0.2, 0) is 4.79 Å². The second-order valence-electron chi connectivity index (χ2n) is 5.58. The third-order valence-electron chi connectivity index (χ3n) is 3.69. The predicted molar refractivity (Wildman–Crippen MR) is 107 cm³/mol. The molecule has 0 saturated heterocycles. The van der Waals surface area contributed by atoms with Gasteiger partial charge in [-0.25, -0.2) is 9.78 Å². The molecule has 0 atom stereocenters. The number of aliphatic carboxylic acids is 1. The Bertz CT molecular complexity index is 1130. The van der Waals surface area contributed by atoms with Crippen molar-refractivity contribution in [3.63, 3.8) is 0 Å². The lowest BCUT2D eigenvalue weighted by Gasteiger charge is -1.99. The van der Waals surface area contributed by atoms with Crippen LogP contribution >= 0.6 is 27.7 Å². The Kier molecular flexibility index (Phi) is 4.87. The summed E-state index contributed by atoms with van der Waals surface area (Å²) >= 11 is 4.37. The summed E-state index contributed by atoms with van der Waals surface area (Å²) < 4.78 is 12.3. The molecular formula is C20H12BrNO4S. The number of hydrogen-bond acceptors (Lipinski definition) is 5. The van der Waals surface area contributed by atoms with Crippen molar-refractivity contribution in [1.29, 1.82) is 0 Å². The second-order valence-corrected chi connectivity index (χ2v) is 7.48. The molecule has 0 spiro atoms. The van der Waals surface area contributed by atoms with Gasteiger partial charge >= 0.3 is 5.97 Å². The van der Waals surface area contributed by atoms with Gasteiger partial charge in [0, 0.05) is 16.1 Å². The van der Waals surface area contributed by atoms with Crippen LogP contribution in [0, 0.1) is 0 Å². The maximum Gasteiger partial charge on any atom is 0.342 e. The van der Waals surface area contributed by atoms with E-state index in [0.717, 1.165) is 21.8 Å². The largest absolute Gasteiger partial charge is 0.477 e. The van der Waals surface area contributed by atoms with Crippen LogP contribution in [0.15, 0.2) is 84.1 Å². The van der Waals surface area contributed by atoms with Crippen LogP contribution in [-0.4, -0.2) is 16.1 Å². The van der Waals surface area contributed by atoms with Gasteiger partial charge in [-0.05, 0) is 48.2 Å². The minimum Gasteiger partial charge on any atom is -0.477 e. The average molecular weight is 442 g/mol. The van der Waals surface area contributed by atoms with Crippen LogP contribution < -0.4 is 0 Å². The van der Waals surface area contributed by atoms with E-state index in [9.17, 15) is 9.90 Å². The SMILES string of the molecule is O=C(O)/C(=C/c1ccc(-c2cccc(Br)c2)o1)Sc1nc2ccccc2o1. The van der Waals surface area contributed by atoms with E-state index in [4.69, 9.17) is 8.83 Å². The third-order valence-corrected chi connectivity index (χ3v) is 5.05. The fourth-order valence-corrected chi connectivity index (χ4v) is 3.61. The highest BCUT2D eigenvalue weighted by molar-refractivity contribution is 9.10. The predicted octanol–water partition coefficient (Wildman–Crippen LogP) is 6.07. The van der Waals surface area contributed by atoms with Gasteiger partial charge in [0.2, 0.25) is 0 Å². The number of nitrogens with zero attached hydrogens (tertiary/aromatic N) is 1. The Morgan fingerprint density at radius 3 is 2.70 bits per heavy atom. The van der Waals surface area contributed by atoms with Crippen LogP contribution in [0.1, 0.15) is 5.76 Å². The van der Waals surface area contributed by atoms with Gasteiger partial charge in [0.25, 0.3) is 5.22 Å². The standard InChI is InChI=1S/C20H12BrNO4S/c21-13-5-3-4-12(10-13)16-9-8-14(25-16)11-18(19(23)24)27-20-22-15-6-1-2-7-17(15)26-20/h1-11H,(H,23,24)/b18-11-. The van der Waals surface area contributed by atoms with Crippen molar-refractivity contribution in [2.24, 2.45) is 0 Å². The van der Waals surface area contributed by atoms with Crippen molar-refractivity contribution in [3.05, 3.63) is 75.8 Å². The number of benzene rings is 2. The number of hydrogen-bond donors (Lipinski definition) is 1. The van der Waals surface area contributed by atoms with Gasteiger partial charge in [-0.2, -0.15) is 0 Å². The van der Waals surface area contributed by atoms with Gasteiger partial charge in [-0.3, -0.25) is 0 Å². The van der Waals surface area contributed by atoms with Gasteiger partial charge < -0.3 is 13.9 Å². The zero-order valence-corrected chi connectivity index (χ0v) is 16.2. The van der Waals surface area contributed by atoms with Crippen LogP contribution in [0.5, 0.6) is 0 Å². The van der Waals surface area contributed by atoms with Crippen molar-refractivity contribution in [1.82, 2.24) is 4.98 Å². The Balaban J connectivity index is 1.62. The summed E-state index contributed by atoms with van der Waals surface area (Å²) in [7, 11) is 0. The molecule has 1 N–H and O–H groups in total. The summed E-state index contributed by atoms with van der Waals surface area (Å²) in [4.78, 5) is 16.0. The molecule has 7 heteroatoms. The number of para-hydroxylation sites is 2. The molecule has 2 aromatic carbocycles. The van der Waals surface area contributed by atoms with E-state index >= 15 is 0 Å². The summed E-state index contributed by atoms with van der Waals surface area (Å²) in [5.41, 5.74) is 2.19. The fraction of sp³-hybridized carbons (Fsp3) is 0. The molecule has 0 unspecified atom stereocenters. The number of furan rings is 1. The summed E-state index contributed by atoms with van der Waals surface area (Å²) in [5, 5.41) is 9.79. The van der Waals surface area contributed by atoms with Crippen LogP contribution in [0.2, 0.25) is 0 Å². The number of carboxylic acids is 1. The number of halogens is 1. The van der Waals surface area contributed by atoms with E-state index < -0.39 is 5.97 Å². The first-order valence-electron chi connectivity index (χ1n) is 7.93. The highest BCUT2D eigenvalue weighted by Crippen LogP contribution is 2.32. The Morgan fingerprint density at radius 1 is 1.07 bits per heavy atom. The van der Waals surface area contributed by atoms with Crippen molar-refractivity contribution >= 4 is 50.8 Å². The van der Waals surface area contributed by atoms with Crippen LogP contribution in [0.4, 0.5) is 0 Å². The topological polar surface area (TPSA) is 76.5 Å². The Morgan fingerprint density at radius 2 is 1.93 bits per heavy atom. The molecule has 4 aromatic rings. The molecular weight excluding hydrogens is 430 g/mol. The van der Waals surface area contributed by atoms with Gasteiger partial charge in [0.05, 0.1) is 0 Å². The van der Waals surface area contributed by atoms with E-state index in [2.05, 4.69) is 20.9 Å². The molecule has 0 saturated carbocycles. The van der Waals surface area contributed by atoms with Crippen molar-refractivity contribution in [2.75, 3.05) is 0 Å². The van der Waals surface area contributed by atoms with E-state index in [-0.39, 0.29) is 10.1 Å². The summed E-state index contributed by atoms with van der Waals surface area (Å²) in [6.07, 6.45) is 1.46. The van der Waals surface area contributed by atoms with Crippen LogP contribution in [0.25, 0.3) is 28.5 Å². The molecule has 0 amide bonds. The summed E-state index contributed by atoms with van der Waals surface area (Å²) in [6, 6.07) is 18.5. The van der Waals surface area contributed by atoms with Gasteiger partial charge in [-0.15, -0.1) is 0 Å². The molecule has 0 aliphatic heterocycles. The fourth-order valence-electron chi connectivity index (χ4n) is 2.48. The zero-order chi connectivity index (χ0) is 18.8. The summed E-state index contributed by atoms with van der Waals surface area (Å²) in [5.74, 6) is 0.00722. The zero-order valence-electron chi connectivity index (χ0n) is 13.8. The quantitative estimate of drug-likeness (QED) is 0.299. The van der Waals surface area contributed by atoms with Crippen molar-refractivity contribution in [2.45, 2.75) is 5.22 Å². The van der Waals surface area contributed by atoms with Crippen molar-refractivity contribution < 1.29 is 18.7 Å². The molecule has 4 rings (SSSR count). The van der Waals surface area contributed by atoms with Crippen LogP contribution in [0.3, 0.4) is 0 Å². The van der Waals surface area contributed by atoms with Gasteiger partial charge in [0.15, 0.2) is 5.58 Å². The Hall–Kier alpha value is -2.77.